The summed E-state index contributed by atoms with van der Waals surface area (Å²) in [6, 6.07) is 1.47. The van der Waals surface area contributed by atoms with Gasteiger partial charge in [0.1, 0.15) is 0 Å². The molecule has 2 aromatic rings. The first-order chi connectivity index (χ1) is 8.59. The lowest BCUT2D eigenvalue weighted by atomic mass is 10.2. The highest BCUT2D eigenvalue weighted by Gasteiger charge is 2.10. The SMILES string of the molecule is Cc1c(CNc2cnccc2C(=O)O)cnn1C. The fourth-order valence-corrected chi connectivity index (χ4v) is 1.63. The van der Waals surface area contributed by atoms with E-state index >= 15 is 0 Å². The summed E-state index contributed by atoms with van der Waals surface area (Å²) in [5, 5.41) is 16.2. The van der Waals surface area contributed by atoms with Crippen molar-refractivity contribution in [3.8, 4) is 0 Å². The van der Waals surface area contributed by atoms with Crippen LogP contribution in [-0.4, -0.2) is 25.8 Å². The second-order valence-corrected chi connectivity index (χ2v) is 3.96. The Hall–Kier alpha value is -2.37. The van der Waals surface area contributed by atoms with E-state index in [1.165, 1.54) is 18.5 Å². The molecule has 0 spiro atoms. The molecule has 0 atom stereocenters. The van der Waals surface area contributed by atoms with E-state index in [0.717, 1.165) is 11.3 Å². The van der Waals surface area contributed by atoms with E-state index in [0.29, 0.717) is 12.2 Å². The number of pyridine rings is 1. The Morgan fingerprint density at radius 1 is 1.50 bits per heavy atom. The zero-order valence-corrected chi connectivity index (χ0v) is 10.2. The lowest BCUT2D eigenvalue weighted by molar-refractivity contribution is 0.0698. The number of nitrogens with one attached hydrogen (secondary N) is 1. The summed E-state index contributed by atoms with van der Waals surface area (Å²) in [5.41, 5.74) is 2.79. The van der Waals surface area contributed by atoms with Crippen molar-refractivity contribution in [2.75, 3.05) is 5.32 Å². The van der Waals surface area contributed by atoms with Crippen molar-refractivity contribution in [2.45, 2.75) is 13.5 Å². The second kappa shape index (κ2) is 4.87. The molecule has 0 radical (unpaired) electrons. The number of hydrogen-bond acceptors (Lipinski definition) is 4. The van der Waals surface area contributed by atoms with Crippen LogP contribution in [0, 0.1) is 6.92 Å². The van der Waals surface area contributed by atoms with E-state index in [9.17, 15) is 4.79 Å². The van der Waals surface area contributed by atoms with Crippen molar-refractivity contribution >= 4 is 11.7 Å². The summed E-state index contributed by atoms with van der Waals surface area (Å²) < 4.78 is 1.78. The third-order valence-corrected chi connectivity index (χ3v) is 2.86. The van der Waals surface area contributed by atoms with Crippen molar-refractivity contribution in [2.24, 2.45) is 7.05 Å². The standard InChI is InChI=1S/C12H14N4O2/c1-8-9(6-15-16(8)2)5-14-11-7-13-4-3-10(11)12(17)18/h3-4,6-7,14H,5H2,1-2H3,(H,17,18). The summed E-state index contributed by atoms with van der Waals surface area (Å²) in [4.78, 5) is 14.9. The molecule has 6 heteroatoms. The highest BCUT2D eigenvalue weighted by Crippen LogP contribution is 2.15. The Morgan fingerprint density at radius 3 is 2.89 bits per heavy atom. The van der Waals surface area contributed by atoms with Crippen LogP contribution >= 0.6 is 0 Å². The van der Waals surface area contributed by atoms with E-state index < -0.39 is 5.97 Å². The van der Waals surface area contributed by atoms with Gasteiger partial charge >= 0.3 is 5.97 Å². The highest BCUT2D eigenvalue weighted by atomic mass is 16.4. The van der Waals surface area contributed by atoms with Gasteiger partial charge < -0.3 is 10.4 Å². The molecule has 6 nitrogen and oxygen atoms in total. The monoisotopic (exact) mass is 246 g/mol. The number of aryl methyl sites for hydroxylation is 1. The average Bonchev–Trinajstić information content (AvgIpc) is 2.68. The topological polar surface area (TPSA) is 80.0 Å². The maximum Gasteiger partial charge on any atom is 0.337 e. The highest BCUT2D eigenvalue weighted by molar-refractivity contribution is 5.93. The zero-order chi connectivity index (χ0) is 13.1. The molecule has 2 heterocycles. The van der Waals surface area contributed by atoms with Gasteiger partial charge in [-0.2, -0.15) is 5.10 Å². The van der Waals surface area contributed by atoms with Crippen LogP contribution in [0.5, 0.6) is 0 Å². The van der Waals surface area contributed by atoms with Gasteiger partial charge in [-0.25, -0.2) is 4.79 Å². The number of aromatic carboxylic acids is 1. The van der Waals surface area contributed by atoms with Crippen LogP contribution in [0.25, 0.3) is 0 Å². The van der Waals surface area contributed by atoms with E-state index in [2.05, 4.69) is 15.4 Å². The Morgan fingerprint density at radius 2 is 2.28 bits per heavy atom. The Labute approximate surface area is 104 Å². The molecule has 2 rings (SSSR count). The number of aromatic nitrogens is 3. The van der Waals surface area contributed by atoms with Crippen molar-refractivity contribution in [3.05, 3.63) is 41.5 Å². The molecule has 2 aromatic heterocycles. The maximum absolute atomic E-state index is 11.0. The van der Waals surface area contributed by atoms with Crippen molar-refractivity contribution < 1.29 is 9.90 Å². The molecular weight excluding hydrogens is 232 g/mol. The molecule has 0 saturated carbocycles. The molecule has 0 aromatic carbocycles. The minimum Gasteiger partial charge on any atom is -0.478 e. The third kappa shape index (κ3) is 2.32. The van der Waals surface area contributed by atoms with E-state index in [1.54, 1.807) is 10.9 Å². The molecule has 94 valence electrons. The molecule has 0 bridgehead atoms. The van der Waals surface area contributed by atoms with E-state index in [4.69, 9.17) is 5.11 Å². The van der Waals surface area contributed by atoms with Crippen LogP contribution < -0.4 is 5.32 Å². The predicted molar refractivity (Wildman–Crippen MR) is 66.5 cm³/mol. The van der Waals surface area contributed by atoms with Crippen LogP contribution in [0.3, 0.4) is 0 Å². The summed E-state index contributed by atoms with van der Waals surface area (Å²) in [5.74, 6) is -0.970. The smallest absolute Gasteiger partial charge is 0.337 e. The largest absolute Gasteiger partial charge is 0.478 e. The van der Waals surface area contributed by atoms with Crippen molar-refractivity contribution in [1.82, 2.24) is 14.8 Å². The van der Waals surface area contributed by atoms with Crippen molar-refractivity contribution in [3.63, 3.8) is 0 Å². The molecule has 0 saturated heterocycles. The normalized spacial score (nSPS) is 10.3. The first-order valence-electron chi connectivity index (χ1n) is 5.48. The van der Waals surface area contributed by atoms with Crippen LogP contribution in [0.4, 0.5) is 5.69 Å². The molecule has 0 unspecified atom stereocenters. The molecule has 0 fully saturated rings. The van der Waals surface area contributed by atoms with Gasteiger partial charge in [0.05, 0.1) is 23.6 Å². The van der Waals surface area contributed by atoms with Crippen LogP contribution in [-0.2, 0) is 13.6 Å². The summed E-state index contributed by atoms with van der Waals surface area (Å²) in [6.45, 7) is 2.48. The molecule has 2 N–H and O–H groups in total. The lowest BCUT2D eigenvalue weighted by Gasteiger charge is -2.08. The van der Waals surface area contributed by atoms with Gasteiger partial charge in [-0.3, -0.25) is 9.67 Å². The van der Waals surface area contributed by atoms with Gasteiger partial charge in [0.25, 0.3) is 0 Å². The van der Waals surface area contributed by atoms with E-state index in [1.807, 2.05) is 14.0 Å². The van der Waals surface area contributed by atoms with Gasteiger partial charge in [-0.1, -0.05) is 0 Å². The van der Waals surface area contributed by atoms with Gasteiger partial charge in [0.15, 0.2) is 0 Å². The number of anilines is 1. The van der Waals surface area contributed by atoms with Gasteiger partial charge in [-0.15, -0.1) is 0 Å². The van der Waals surface area contributed by atoms with Gasteiger partial charge in [0, 0.05) is 31.0 Å². The Kier molecular flexibility index (Phi) is 3.27. The average molecular weight is 246 g/mol. The maximum atomic E-state index is 11.0. The fourth-order valence-electron chi connectivity index (χ4n) is 1.63. The van der Waals surface area contributed by atoms with Crippen LogP contribution in [0.1, 0.15) is 21.6 Å². The molecule has 0 aliphatic heterocycles. The number of carboxylic acid groups (broad SMARTS) is 1. The third-order valence-electron chi connectivity index (χ3n) is 2.86. The molecular formula is C12H14N4O2. The molecule has 0 amide bonds. The second-order valence-electron chi connectivity index (χ2n) is 3.96. The lowest BCUT2D eigenvalue weighted by Crippen LogP contribution is -2.07. The number of carboxylic acids is 1. The van der Waals surface area contributed by atoms with E-state index in [-0.39, 0.29) is 5.56 Å². The number of hydrogen-bond donors (Lipinski definition) is 2. The number of nitrogens with zero attached hydrogens (tertiary/aromatic N) is 3. The number of rotatable bonds is 4. The van der Waals surface area contributed by atoms with Crippen molar-refractivity contribution in [1.29, 1.82) is 0 Å². The first-order valence-corrected chi connectivity index (χ1v) is 5.48. The van der Waals surface area contributed by atoms with Crippen LogP contribution in [0.2, 0.25) is 0 Å². The molecule has 0 aliphatic rings. The Bertz CT molecular complexity index is 577. The zero-order valence-electron chi connectivity index (χ0n) is 10.2. The molecule has 0 aliphatic carbocycles. The summed E-state index contributed by atoms with van der Waals surface area (Å²) in [7, 11) is 1.87. The fraction of sp³-hybridized carbons (Fsp3) is 0.250. The minimum absolute atomic E-state index is 0.214. The molecule has 18 heavy (non-hydrogen) atoms. The van der Waals surface area contributed by atoms with Gasteiger partial charge in [-0.05, 0) is 13.0 Å². The quantitative estimate of drug-likeness (QED) is 0.853. The van der Waals surface area contributed by atoms with Crippen LogP contribution in [0.15, 0.2) is 24.7 Å². The summed E-state index contributed by atoms with van der Waals surface area (Å²) in [6.07, 6.45) is 4.73. The predicted octanol–water partition coefficient (Wildman–Crippen LogP) is 1.43. The van der Waals surface area contributed by atoms with Gasteiger partial charge in [0.2, 0.25) is 0 Å². The minimum atomic E-state index is -0.970. The summed E-state index contributed by atoms with van der Waals surface area (Å²) >= 11 is 0. The Balaban J connectivity index is 2.16. The first kappa shape index (κ1) is 12.1. The number of carbonyl (C=O) groups is 1.